The first-order chi connectivity index (χ1) is 3.91. The van der Waals surface area contributed by atoms with E-state index in [1.165, 1.54) is 12.8 Å². The summed E-state index contributed by atoms with van der Waals surface area (Å²) in [7, 11) is 1.75. The monoisotopic (exact) mass is 389 g/mol. The van der Waals surface area contributed by atoms with Gasteiger partial charge in [0.25, 0.3) is 0 Å². The molecule has 0 saturated carbocycles. The minimum atomic E-state index is 1.00. The van der Waals surface area contributed by atoms with Crippen LogP contribution in [0.2, 0.25) is 0 Å². The Balaban J connectivity index is 0.000000145. The molecule has 1 saturated heterocycles. The van der Waals surface area contributed by atoms with Crippen molar-refractivity contribution in [1.82, 2.24) is 0 Å². The molecule has 0 bridgehead atoms. The molecule has 1 fully saturated rings. The molecular formula is C4H8CuI2O. The Morgan fingerprint density at radius 3 is 1.62 bits per heavy atom. The third-order valence-electron chi connectivity index (χ3n) is 0.827. The fourth-order valence-corrected chi connectivity index (χ4v) is 0.510. The van der Waals surface area contributed by atoms with Gasteiger partial charge in [0, 0.05) is 13.2 Å². The van der Waals surface area contributed by atoms with Crippen LogP contribution in [0.4, 0.5) is 0 Å². The molecule has 0 aromatic carbocycles. The first-order valence-electron chi connectivity index (χ1n) is 2.31. The maximum atomic E-state index is 4.94. The molecule has 0 aromatic rings. The van der Waals surface area contributed by atoms with Gasteiger partial charge < -0.3 is 4.74 Å². The van der Waals surface area contributed by atoms with Crippen molar-refractivity contribution in [3.05, 3.63) is 0 Å². The topological polar surface area (TPSA) is 9.23 Å². The number of halogens is 2. The molecule has 1 aliphatic rings. The van der Waals surface area contributed by atoms with E-state index in [0.717, 1.165) is 13.2 Å². The molecule has 1 rings (SSSR count). The summed E-state index contributed by atoms with van der Waals surface area (Å²) in [6.07, 6.45) is 2.56. The van der Waals surface area contributed by atoms with E-state index < -0.39 is 0 Å². The van der Waals surface area contributed by atoms with E-state index in [2.05, 4.69) is 40.7 Å². The first-order valence-corrected chi connectivity index (χ1v) is 8.38. The molecule has 0 radical (unpaired) electrons. The van der Waals surface area contributed by atoms with Crippen LogP contribution in [0.25, 0.3) is 0 Å². The van der Waals surface area contributed by atoms with Gasteiger partial charge >= 0.3 is 49.1 Å². The summed E-state index contributed by atoms with van der Waals surface area (Å²) in [5.41, 5.74) is 0. The van der Waals surface area contributed by atoms with Gasteiger partial charge in [-0.25, -0.2) is 0 Å². The van der Waals surface area contributed by atoms with Crippen molar-refractivity contribution in [2.24, 2.45) is 0 Å². The van der Waals surface area contributed by atoms with Crippen LogP contribution in [0.5, 0.6) is 0 Å². The Labute approximate surface area is 78.9 Å². The predicted octanol–water partition coefficient (Wildman–Crippen LogP) is 2.57. The predicted molar refractivity (Wildman–Crippen MR) is 48.1 cm³/mol. The number of hydrogen-bond acceptors (Lipinski definition) is 1. The molecule has 0 aliphatic carbocycles. The zero-order valence-electron chi connectivity index (χ0n) is 4.29. The average molecular weight is 389 g/mol. The fourth-order valence-electron chi connectivity index (χ4n) is 0.510. The normalized spacial score (nSPS) is 17.8. The quantitative estimate of drug-likeness (QED) is 0.457. The summed E-state index contributed by atoms with van der Waals surface area (Å²) in [5, 5.41) is 0. The maximum absolute atomic E-state index is 4.94. The molecule has 0 atom stereocenters. The van der Waals surface area contributed by atoms with E-state index in [0.29, 0.717) is 0 Å². The molecule has 0 amide bonds. The van der Waals surface area contributed by atoms with Gasteiger partial charge in [0.1, 0.15) is 0 Å². The Morgan fingerprint density at radius 2 is 1.50 bits per heavy atom. The Kier molecular flexibility index (Phi) is 11.1. The molecule has 8 heavy (non-hydrogen) atoms. The van der Waals surface area contributed by atoms with Gasteiger partial charge in [0.2, 0.25) is 0 Å². The molecule has 4 heteroatoms. The molecule has 0 aromatic heterocycles. The van der Waals surface area contributed by atoms with Crippen LogP contribution in [0.1, 0.15) is 12.8 Å². The zero-order valence-corrected chi connectivity index (χ0v) is 9.55. The van der Waals surface area contributed by atoms with Gasteiger partial charge in [-0.05, 0) is 12.8 Å². The molecule has 1 nitrogen and oxygen atoms in total. The van der Waals surface area contributed by atoms with Crippen molar-refractivity contribution in [1.29, 1.82) is 0 Å². The van der Waals surface area contributed by atoms with Gasteiger partial charge in [-0.3, -0.25) is 0 Å². The van der Waals surface area contributed by atoms with Gasteiger partial charge in [0.15, 0.2) is 0 Å². The van der Waals surface area contributed by atoms with Crippen LogP contribution < -0.4 is 0 Å². The van der Waals surface area contributed by atoms with Gasteiger partial charge in [-0.2, -0.15) is 0 Å². The van der Waals surface area contributed by atoms with Crippen molar-refractivity contribution in [3.8, 4) is 0 Å². The van der Waals surface area contributed by atoms with Crippen LogP contribution in [-0.4, -0.2) is 13.2 Å². The van der Waals surface area contributed by atoms with Crippen molar-refractivity contribution < 1.29 is 13.2 Å². The Bertz CT molecular complexity index is 33.4. The van der Waals surface area contributed by atoms with Gasteiger partial charge in [-0.15, -0.1) is 0 Å². The molecule has 0 N–H and O–H groups in total. The molecule has 55 valence electrons. The van der Waals surface area contributed by atoms with Crippen molar-refractivity contribution in [2.45, 2.75) is 12.8 Å². The Hall–Kier alpha value is 1.94. The summed E-state index contributed by atoms with van der Waals surface area (Å²) in [6, 6.07) is 0. The Morgan fingerprint density at radius 1 is 1.12 bits per heavy atom. The fraction of sp³-hybridized carbons (Fsp3) is 1.00. The average Bonchev–Trinajstić information content (AvgIpc) is 2.17. The molecule has 1 aliphatic heterocycles. The van der Waals surface area contributed by atoms with E-state index in [1.807, 2.05) is 0 Å². The number of rotatable bonds is 0. The summed E-state index contributed by atoms with van der Waals surface area (Å²) < 4.78 is 4.94. The van der Waals surface area contributed by atoms with Crippen LogP contribution in [0.15, 0.2) is 0 Å². The second-order valence-electron chi connectivity index (χ2n) is 1.36. The van der Waals surface area contributed by atoms with E-state index in [-0.39, 0.29) is 0 Å². The third-order valence-corrected chi connectivity index (χ3v) is 0.827. The van der Waals surface area contributed by atoms with Crippen LogP contribution in [0, 0.1) is 0 Å². The second-order valence-corrected chi connectivity index (χ2v) is 9.31. The van der Waals surface area contributed by atoms with Crippen LogP contribution in [0.3, 0.4) is 0 Å². The first kappa shape index (κ1) is 9.94. The molecule has 1 heterocycles. The number of hydrogen-bond donors (Lipinski definition) is 0. The van der Waals surface area contributed by atoms with E-state index in [9.17, 15) is 0 Å². The SMILES string of the molecule is C1CCOC1.[I][Cu][I]. The van der Waals surface area contributed by atoms with Crippen molar-refractivity contribution >= 4 is 40.7 Å². The summed E-state index contributed by atoms with van der Waals surface area (Å²) in [6.45, 7) is 2.00. The van der Waals surface area contributed by atoms with Crippen molar-refractivity contribution in [2.75, 3.05) is 13.2 Å². The van der Waals surface area contributed by atoms with Crippen molar-refractivity contribution in [3.63, 3.8) is 0 Å². The van der Waals surface area contributed by atoms with Crippen LogP contribution >= 0.6 is 40.7 Å². The second kappa shape index (κ2) is 8.94. The standard InChI is InChI=1S/C4H8O.Cu.2HI/c1-2-4-5-3-1;;;/h1-4H2;;2*1H/q;+2;;/p-2. The minimum absolute atomic E-state index is 1.00. The molecular weight excluding hydrogens is 381 g/mol. The number of ether oxygens (including phenoxy) is 1. The van der Waals surface area contributed by atoms with E-state index >= 15 is 0 Å². The zero-order chi connectivity index (χ0) is 6.24. The van der Waals surface area contributed by atoms with Gasteiger partial charge in [-0.1, -0.05) is 0 Å². The van der Waals surface area contributed by atoms with E-state index in [4.69, 9.17) is 4.74 Å². The summed E-state index contributed by atoms with van der Waals surface area (Å²) in [4.78, 5) is 0. The molecule has 0 spiro atoms. The van der Waals surface area contributed by atoms with E-state index in [1.54, 1.807) is 8.46 Å². The van der Waals surface area contributed by atoms with Crippen LogP contribution in [-0.2, 0) is 13.2 Å². The van der Waals surface area contributed by atoms with Gasteiger partial charge in [0.05, 0.1) is 0 Å². The summed E-state index contributed by atoms with van der Waals surface area (Å²) >= 11 is 4.36. The third kappa shape index (κ3) is 7.94. The molecule has 0 unspecified atom stereocenters. The summed E-state index contributed by atoms with van der Waals surface area (Å²) in [5.74, 6) is 0.